The second-order valence-corrected chi connectivity index (χ2v) is 13.1. The third kappa shape index (κ3) is 5.45. The van der Waals surface area contributed by atoms with Crippen molar-refractivity contribution in [2.45, 2.75) is 35.1 Å². The summed E-state index contributed by atoms with van der Waals surface area (Å²) in [5, 5.41) is 15.1. The highest BCUT2D eigenvalue weighted by Gasteiger charge is 2.67. The fraction of sp³-hybridized carbons (Fsp3) is 0.583. The highest BCUT2D eigenvalue weighted by Crippen LogP contribution is 2.77. The Hall–Kier alpha value is -1.11. The van der Waals surface area contributed by atoms with Gasteiger partial charge in [0.1, 0.15) is 23.8 Å². The van der Waals surface area contributed by atoms with Crippen LogP contribution in [0.3, 0.4) is 0 Å². The largest absolute Gasteiger partial charge is 0.479 e. The molecule has 23 heteroatoms. The van der Waals surface area contributed by atoms with Crippen LogP contribution in [0.15, 0.2) is 11.5 Å². The summed E-state index contributed by atoms with van der Waals surface area (Å²) in [6, 6.07) is 0. The second kappa shape index (κ2) is 9.64. The van der Waals surface area contributed by atoms with E-state index >= 15 is 0 Å². The van der Waals surface area contributed by atoms with Gasteiger partial charge in [0.25, 0.3) is 0 Å². The number of alkyl halides is 2. The maximum absolute atomic E-state index is 13.5. The number of hydrogen-bond donors (Lipinski definition) is 7. The van der Waals surface area contributed by atoms with Crippen LogP contribution in [0.2, 0.25) is 0 Å². The third-order valence-corrected chi connectivity index (χ3v) is 10.2. The molecule has 2 aromatic heterocycles. The van der Waals surface area contributed by atoms with E-state index in [0.29, 0.717) is 0 Å². The van der Waals surface area contributed by atoms with E-state index in [1.807, 2.05) is 0 Å². The summed E-state index contributed by atoms with van der Waals surface area (Å²) in [4.78, 5) is 47.9. The Kier molecular flexibility index (Phi) is 7.84. The molecule has 3 rings (SSSR count). The van der Waals surface area contributed by atoms with E-state index < -0.39 is 59.6 Å². The highest BCUT2D eigenvalue weighted by molar-refractivity contribution is 7.98. The van der Waals surface area contributed by atoms with Crippen molar-refractivity contribution in [3.63, 3.8) is 0 Å². The molecule has 0 spiro atoms. The molecular weight excluding hydrogens is 569 g/mol. The number of anilines is 1. The summed E-state index contributed by atoms with van der Waals surface area (Å²) in [5.74, 6) is 0.00456. The quantitative estimate of drug-likeness (QED) is 0.114. The number of aromatic nitrogens is 4. The first-order valence-corrected chi connectivity index (χ1v) is 14.8. The number of imidazole rings is 1. The Labute approximate surface area is 197 Å². The summed E-state index contributed by atoms with van der Waals surface area (Å²) in [7, 11) is -19.2. The molecule has 1 saturated heterocycles. The van der Waals surface area contributed by atoms with Crippen LogP contribution < -0.4 is 5.73 Å². The molecular formula is C12H18F2N5O12P3S. The van der Waals surface area contributed by atoms with Crippen molar-refractivity contribution < 1.29 is 65.8 Å². The average molecular weight is 587 g/mol. The number of thioether (sulfide) groups is 1. The van der Waals surface area contributed by atoms with E-state index in [0.717, 1.165) is 18.1 Å². The van der Waals surface area contributed by atoms with Crippen LogP contribution in [0.5, 0.6) is 0 Å². The van der Waals surface area contributed by atoms with E-state index in [1.54, 1.807) is 6.26 Å². The molecule has 0 bridgehead atoms. The van der Waals surface area contributed by atoms with Gasteiger partial charge in [0, 0.05) is 0 Å². The van der Waals surface area contributed by atoms with Crippen LogP contribution >= 0.6 is 34.8 Å². The van der Waals surface area contributed by atoms with Crippen molar-refractivity contribution in [1.29, 1.82) is 0 Å². The van der Waals surface area contributed by atoms with Crippen LogP contribution in [0, 0.1) is 0 Å². The van der Waals surface area contributed by atoms with Gasteiger partial charge in [-0.05, 0) is 6.26 Å². The number of halogens is 2. The number of ether oxygens (including phenoxy) is 1. The summed E-state index contributed by atoms with van der Waals surface area (Å²) in [6.45, 7) is -1.16. The van der Waals surface area contributed by atoms with Gasteiger partial charge in [-0.2, -0.15) is 8.78 Å². The van der Waals surface area contributed by atoms with Crippen molar-refractivity contribution in [1.82, 2.24) is 19.5 Å². The molecule has 198 valence electrons. The van der Waals surface area contributed by atoms with Gasteiger partial charge in [0.05, 0.1) is 12.9 Å². The monoisotopic (exact) mass is 587 g/mol. The molecule has 17 nitrogen and oxygen atoms in total. The standard InChI is InChI=1S/C12H18F2N5O12P3S/c1-35-11-17-8(15)5-9(18-11)19(3-16-5)10-7(21)6(20)4(30-10)2-29-34(27,28)31-33(25,26)12(13,14)32(22,23)24/h3-4,6-7,10,20-21H,2H2,1H3,(H,25,26)(H,27,28)(H2,15,17,18)(H2,22,23,24)/t4-,6-,7-,10-/m1/s1. The van der Waals surface area contributed by atoms with Crippen LogP contribution in [0.25, 0.3) is 11.2 Å². The average Bonchev–Trinajstić information content (AvgIpc) is 3.26. The minimum atomic E-state index is -6.75. The fourth-order valence-electron chi connectivity index (χ4n) is 2.84. The second-order valence-electron chi connectivity index (χ2n) is 6.89. The Bertz CT molecular complexity index is 1260. The molecule has 0 aromatic carbocycles. The number of nitrogens with two attached hydrogens (primary N) is 1. The normalized spacial score (nSPS) is 27.1. The number of phosphoric acid groups is 1. The Morgan fingerprint density at radius 1 is 1.20 bits per heavy atom. The van der Waals surface area contributed by atoms with Gasteiger partial charge in [-0.1, -0.05) is 11.8 Å². The molecule has 1 fully saturated rings. The number of fused-ring (bicyclic) bond motifs is 1. The lowest BCUT2D eigenvalue weighted by Crippen LogP contribution is -2.33. The Morgan fingerprint density at radius 2 is 1.83 bits per heavy atom. The predicted octanol–water partition coefficient (Wildman–Crippen LogP) is -0.203. The highest BCUT2D eigenvalue weighted by atomic mass is 32.2. The maximum atomic E-state index is 13.5. The van der Waals surface area contributed by atoms with E-state index in [-0.39, 0.29) is 22.1 Å². The first-order valence-electron chi connectivity index (χ1n) is 8.92. The van der Waals surface area contributed by atoms with Gasteiger partial charge in [-0.15, -0.1) is 0 Å². The van der Waals surface area contributed by atoms with Crippen molar-refractivity contribution in [3.8, 4) is 0 Å². The van der Waals surface area contributed by atoms with E-state index in [4.69, 9.17) is 25.2 Å². The SMILES string of the molecule is CSc1nc(N)c2ncn([C@@H]3O[C@H](COP(=O)(O)OP(=O)(O)C(F)(F)P(=O)(O)O)[C@@H](O)[C@H]3O)c2n1. The zero-order valence-corrected chi connectivity index (χ0v) is 20.6. The summed E-state index contributed by atoms with van der Waals surface area (Å²) < 4.78 is 75.5. The minimum absolute atomic E-state index is 0.00456. The molecule has 1 aliphatic rings. The summed E-state index contributed by atoms with van der Waals surface area (Å²) >= 11 is 1.14. The molecule has 2 aromatic rings. The molecule has 0 saturated carbocycles. The lowest BCUT2D eigenvalue weighted by Gasteiger charge is -2.24. The molecule has 0 aliphatic carbocycles. The Balaban J connectivity index is 1.76. The minimum Gasteiger partial charge on any atom is -0.387 e. The lowest BCUT2D eigenvalue weighted by molar-refractivity contribution is -0.0503. The molecule has 8 N–H and O–H groups in total. The van der Waals surface area contributed by atoms with Crippen molar-refractivity contribution in [2.75, 3.05) is 18.6 Å². The van der Waals surface area contributed by atoms with Crippen LogP contribution in [0.1, 0.15) is 6.23 Å². The van der Waals surface area contributed by atoms with Crippen molar-refractivity contribution >= 4 is 51.8 Å². The molecule has 0 radical (unpaired) electrons. The van der Waals surface area contributed by atoms with Gasteiger partial charge in [-0.25, -0.2) is 23.8 Å². The zero-order chi connectivity index (χ0) is 26.6. The molecule has 3 heterocycles. The predicted molar refractivity (Wildman–Crippen MR) is 111 cm³/mol. The number of phosphoric ester groups is 1. The van der Waals surface area contributed by atoms with E-state index in [1.165, 1.54) is 4.57 Å². The van der Waals surface area contributed by atoms with Crippen LogP contribution in [0.4, 0.5) is 14.6 Å². The first-order chi connectivity index (χ1) is 15.9. The van der Waals surface area contributed by atoms with Gasteiger partial charge in [-0.3, -0.25) is 18.2 Å². The number of aliphatic hydroxyl groups is 2. The number of nitrogens with zero attached hydrogens (tertiary/aromatic N) is 4. The topological polar surface area (TPSA) is 270 Å². The summed E-state index contributed by atoms with van der Waals surface area (Å²) in [6.07, 6.45) is -3.75. The van der Waals surface area contributed by atoms with E-state index in [9.17, 15) is 37.6 Å². The molecule has 6 atom stereocenters. The first kappa shape index (κ1) is 28.5. The van der Waals surface area contributed by atoms with Crippen LogP contribution in [-0.4, -0.2) is 85.9 Å². The number of rotatable bonds is 9. The van der Waals surface area contributed by atoms with Crippen molar-refractivity contribution in [3.05, 3.63) is 6.33 Å². The lowest BCUT2D eigenvalue weighted by atomic mass is 10.1. The molecule has 0 amide bonds. The van der Waals surface area contributed by atoms with E-state index in [2.05, 4.69) is 23.8 Å². The molecule has 1 aliphatic heterocycles. The van der Waals surface area contributed by atoms with Gasteiger partial charge >= 0.3 is 28.4 Å². The zero-order valence-electron chi connectivity index (χ0n) is 17.1. The Morgan fingerprint density at radius 3 is 2.40 bits per heavy atom. The van der Waals surface area contributed by atoms with Gasteiger partial charge in [0.2, 0.25) is 0 Å². The maximum Gasteiger partial charge on any atom is 0.479 e. The third-order valence-electron chi connectivity index (χ3n) is 4.53. The molecule has 2 unspecified atom stereocenters. The van der Waals surface area contributed by atoms with Gasteiger partial charge < -0.3 is 40.3 Å². The van der Waals surface area contributed by atoms with Gasteiger partial charge in [0.15, 0.2) is 22.8 Å². The number of hydrogen-bond acceptors (Lipinski definition) is 13. The number of nitrogen functional groups attached to an aromatic ring is 1. The molecule has 35 heavy (non-hydrogen) atoms. The van der Waals surface area contributed by atoms with Crippen molar-refractivity contribution in [2.24, 2.45) is 0 Å². The summed E-state index contributed by atoms with van der Waals surface area (Å²) in [5.41, 5.74) is 6.03. The number of aliphatic hydroxyl groups excluding tert-OH is 2. The fourth-order valence-corrected chi connectivity index (χ4v) is 6.89. The van der Waals surface area contributed by atoms with Crippen LogP contribution in [-0.2, 0) is 27.3 Å². The smallest absolute Gasteiger partial charge is 0.387 e.